The van der Waals surface area contributed by atoms with Gasteiger partial charge < -0.3 is 30.8 Å². The Kier molecular flexibility index (Phi) is 8.61. The zero-order chi connectivity index (χ0) is 31.7. The first kappa shape index (κ1) is 30.4. The van der Waals surface area contributed by atoms with Crippen molar-refractivity contribution in [3.63, 3.8) is 0 Å². The SMILES string of the molecule is O=C(CCCCC1SCC2NC(=O)NC21)NCCNC(=O)c1ccccc1-c1c2cc(F)c(=O)cc-2oc2cc(O)c(F)cc12. The fourth-order valence-electron chi connectivity index (χ4n) is 5.93. The molecule has 234 valence electrons. The molecule has 1 aliphatic carbocycles. The molecule has 2 fully saturated rings. The molecule has 3 atom stereocenters. The van der Waals surface area contributed by atoms with Gasteiger partial charge in [0.25, 0.3) is 5.91 Å². The number of amides is 4. The number of urea groups is 1. The monoisotopic (exact) mass is 636 g/mol. The average molecular weight is 637 g/mol. The van der Waals surface area contributed by atoms with Crippen LogP contribution in [0.15, 0.2) is 57.7 Å². The third-order valence-electron chi connectivity index (χ3n) is 8.10. The second-order valence-electron chi connectivity index (χ2n) is 11.1. The molecule has 2 aromatic carbocycles. The van der Waals surface area contributed by atoms with Gasteiger partial charge >= 0.3 is 6.03 Å². The first-order valence-corrected chi connectivity index (χ1v) is 15.7. The van der Waals surface area contributed by atoms with Crippen molar-refractivity contribution in [2.45, 2.75) is 43.0 Å². The lowest BCUT2D eigenvalue weighted by Crippen LogP contribution is -2.36. The molecule has 0 bridgehead atoms. The largest absolute Gasteiger partial charge is 0.505 e. The molecule has 3 aliphatic heterocycles. The molecule has 4 aliphatic rings. The van der Waals surface area contributed by atoms with E-state index in [1.54, 1.807) is 24.3 Å². The lowest BCUT2D eigenvalue weighted by molar-refractivity contribution is -0.121. The summed E-state index contributed by atoms with van der Waals surface area (Å²) in [7, 11) is 0. The molecule has 2 aromatic rings. The van der Waals surface area contributed by atoms with Gasteiger partial charge in [0.2, 0.25) is 11.3 Å². The molecule has 5 N–H and O–H groups in total. The second-order valence-corrected chi connectivity index (χ2v) is 12.3. The van der Waals surface area contributed by atoms with Gasteiger partial charge in [0.15, 0.2) is 17.4 Å². The summed E-state index contributed by atoms with van der Waals surface area (Å²) in [6, 6.07) is 10.7. The fraction of sp³-hybridized carbons (Fsp3) is 0.312. The number of phenolic OH excluding ortho intramolecular Hbond substituents is 1. The molecule has 10 nitrogen and oxygen atoms in total. The minimum Gasteiger partial charge on any atom is -0.505 e. The molecule has 13 heteroatoms. The van der Waals surface area contributed by atoms with E-state index in [0.29, 0.717) is 23.7 Å². The summed E-state index contributed by atoms with van der Waals surface area (Å²) in [6.07, 6.45) is 2.83. The number of benzene rings is 3. The topological polar surface area (TPSA) is 150 Å². The molecule has 6 rings (SSSR count). The van der Waals surface area contributed by atoms with Crippen LogP contribution in [0.1, 0.15) is 36.0 Å². The van der Waals surface area contributed by atoms with Crippen LogP contribution in [0.3, 0.4) is 0 Å². The van der Waals surface area contributed by atoms with Crippen molar-refractivity contribution in [2.75, 3.05) is 18.8 Å². The van der Waals surface area contributed by atoms with E-state index in [1.807, 2.05) is 11.8 Å². The predicted molar refractivity (Wildman–Crippen MR) is 165 cm³/mol. The Hall–Kier alpha value is -4.65. The number of phenols is 1. The third kappa shape index (κ3) is 6.30. The first-order chi connectivity index (χ1) is 21.7. The zero-order valence-corrected chi connectivity index (χ0v) is 24.8. The molecular weight excluding hydrogens is 606 g/mol. The van der Waals surface area contributed by atoms with Crippen molar-refractivity contribution in [3.8, 4) is 28.2 Å². The predicted octanol–water partition coefficient (Wildman–Crippen LogP) is 4.12. The number of hydrogen-bond acceptors (Lipinski definition) is 7. The number of rotatable bonds is 10. The van der Waals surface area contributed by atoms with E-state index in [-0.39, 0.29) is 70.5 Å². The maximum Gasteiger partial charge on any atom is 0.315 e. The van der Waals surface area contributed by atoms with Gasteiger partial charge in [-0.05, 0) is 36.6 Å². The number of unbranched alkanes of at least 4 members (excludes halogenated alkanes) is 1. The van der Waals surface area contributed by atoms with E-state index in [0.717, 1.165) is 42.9 Å². The Morgan fingerprint density at radius 3 is 2.62 bits per heavy atom. The Balaban J connectivity index is 1.09. The van der Waals surface area contributed by atoms with Gasteiger partial charge in [-0.2, -0.15) is 11.8 Å². The summed E-state index contributed by atoms with van der Waals surface area (Å²) in [4.78, 5) is 49.2. The van der Waals surface area contributed by atoms with Crippen LogP contribution >= 0.6 is 11.8 Å². The van der Waals surface area contributed by atoms with Crippen LogP contribution in [0.2, 0.25) is 0 Å². The van der Waals surface area contributed by atoms with Gasteiger partial charge in [0, 0.05) is 64.7 Å². The molecular formula is C32H30F2N4O6S. The van der Waals surface area contributed by atoms with E-state index in [1.165, 1.54) is 0 Å². The van der Waals surface area contributed by atoms with Crippen molar-refractivity contribution in [3.05, 3.63) is 76.0 Å². The van der Waals surface area contributed by atoms with Gasteiger partial charge in [0.1, 0.15) is 11.3 Å². The summed E-state index contributed by atoms with van der Waals surface area (Å²) >= 11 is 1.84. The summed E-state index contributed by atoms with van der Waals surface area (Å²) < 4.78 is 34.7. The van der Waals surface area contributed by atoms with Gasteiger partial charge in [-0.3, -0.25) is 14.4 Å². The number of hydrogen-bond donors (Lipinski definition) is 5. The standard InChI is InChI=1S/C32H30F2N4O6S/c33-20-11-18-25(13-23(20)39)44-26-14-24(40)21(34)12-19(26)29(18)16-5-1-2-6-17(16)31(42)36-10-9-35-28(41)8-4-3-7-27-30-22(15-45-27)37-32(43)38-30/h1-2,5-6,11-14,22,27,30,39H,3-4,7-10,15H2,(H,35,41)(H,36,42)(H2,37,38,43). The van der Waals surface area contributed by atoms with Crippen LogP contribution in [0.5, 0.6) is 5.75 Å². The number of aromatic hydroxyl groups is 1. The lowest BCUT2D eigenvalue weighted by Gasteiger charge is -2.18. The van der Waals surface area contributed by atoms with Crippen molar-refractivity contribution in [1.29, 1.82) is 0 Å². The van der Waals surface area contributed by atoms with Crippen molar-refractivity contribution in [2.24, 2.45) is 0 Å². The highest BCUT2D eigenvalue weighted by atomic mass is 32.2. The summed E-state index contributed by atoms with van der Waals surface area (Å²) in [5.74, 6) is -2.37. The normalized spacial score (nSPS) is 18.9. The molecule has 0 aromatic heterocycles. The smallest absolute Gasteiger partial charge is 0.315 e. The molecule has 0 spiro atoms. The van der Waals surface area contributed by atoms with Crippen LogP contribution in [-0.4, -0.2) is 59.1 Å². The fourth-order valence-corrected chi connectivity index (χ4v) is 7.47. The van der Waals surface area contributed by atoms with E-state index in [2.05, 4.69) is 21.3 Å². The molecule has 2 saturated heterocycles. The van der Waals surface area contributed by atoms with Crippen molar-refractivity contribution in [1.82, 2.24) is 21.3 Å². The molecule has 4 amide bonds. The molecule has 3 unspecified atom stereocenters. The Morgan fingerprint density at radius 1 is 0.978 bits per heavy atom. The minimum absolute atomic E-state index is 0.00124. The van der Waals surface area contributed by atoms with Crippen LogP contribution in [-0.2, 0) is 4.79 Å². The van der Waals surface area contributed by atoms with Gasteiger partial charge in [0.05, 0.1) is 12.1 Å². The highest BCUT2D eigenvalue weighted by molar-refractivity contribution is 8.00. The number of carbonyl (C=O) groups is 3. The van der Waals surface area contributed by atoms with Crippen LogP contribution < -0.4 is 26.7 Å². The Bertz CT molecular complexity index is 1830. The highest BCUT2D eigenvalue weighted by Crippen LogP contribution is 2.42. The number of halogens is 2. The summed E-state index contributed by atoms with van der Waals surface area (Å²) in [5, 5.41) is 21.9. The van der Waals surface area contributed by atoms with E-state index >= 15 is 0 Å². The maximum absolute atomic E-state index is 14.5. The first-order valence-electron chi connectivity index (χ1n) is 14.6. The molecule has 3 heterocycles. The van der Waals surface area contributed by atoms with Gasteiger partial charge in [-0.25, -0.2) is 13.6 Å². The van der Waals surface area contributed by atoms with E-state index < -0.39 is 28.7 Å². The molecule has 0 radical (unpaired) electrons. The number of nitrogens with one attached hydrogen (secondary N) is 4. The molecule has 45 heavy (non-hydrogen) atoms. The number of thioether (sulfide) groups is 1. The Labute approximate surface area is 260 Å². The van der Waals surface area contributed by atoms with Crippen LogP contribution in [0.25, 0.3) is 33.4 Å². The van der Waals surface area contributed by atoms with Crippen LogP contribution in [0.4, 0.5) is 13.6 Å². The number of carbonyl (C=O) groups excluding carboxylic acids is 3. The third-order valence-corrected chi connectivity index (χ3v) is 9.60. The van der Waals surface area contributed by atoms with Crippen LogP contribution in [0, 0.1) is 11.6 Å². The highest BCUT2D eigenvalue weighted by Gasteiger charge is 2.42. The van der Waals surface area contributed by atoms with Gasteiger partial charge in [-0.15, -0.1) is 0 Å². The van der Waals surface area contributed by atoms with Crippen molar-refractivity contribution >= 4 is 40.6 Å². The molecule has 0 saturated carbocycles. The van der Waals surface area contributed by atoms with E-state index in [4.69, 9.17) is 4.42 Å². The van der Waals surface area contributed by atoms with Gasteiger partial charge in [-0.1, -0.05) is 24.6 Å². The summed E-state index contributed by atoms with van der Waals surface area (Å²) in [6.45, 7) is 0.334. The maximum atomic E-state index is 14.5. The average Bonchev–Trinajstić information content (AvgIpc) is 3.57. The quantitative estimate of drug-likeness (QED) is 0.0999. The number of fused-ring (bicyclic) bond motifs is 3. The minimum atomic E-state index is -1.04. The second kappa shape index (κ2) is 12.8. The summed E-state index contributed by atoms with van der Waals surface area (Å²) in [5.41, 5.74) is 0.0489. The lowest BCUT2D eigenvalue weighted by atomic mass is 9.90. The zero-order valence-electron chi connectivity index (χ0n) is 24.0. The van der Waals surface area contributed by atoms with Crippen molar-refractivity contribution < 1.29 is 32.7 Å². The Morgan fingerprint density at radius 2 is 1.78 bits per heavy atom. The van der Waals surface area contributed by atoms with E-state index in [9.17, 15) is 33.1 Å².